The number of ether oxygens (including phenoxy) is 2. The van der Waals surface area contributed by atoms with Crippen molar-refractivity contribution in [3.05, 3.63) is 53.6 Å². The van der Waals surface area contributed by atoms with Crippen molar-refractivity contribution in [2.24, 2.45) is 11.1 Å². The highest BCUT2D eigenvalue weighted by Gasteiger charge is 2.25. The Hall–Kier alpha value is -3.64. The molecular formula is C27H37N5O6S. The minimum absolute atomic E-state index is 0.00769. The van der Waals surface area contributed by atoms with Gasteiger partial charge in [-0.05, 0) is 47.7 Å². The maximum Gasteiger partial charge on any atom is 0.242 e. The number of nitrogens with one attached hydrogen (secondary N) is 4. The Morgan fingerprint density at radius 1 is 1.00 bits per heavy atom. The first-order valence-electron chi connectivity index (χ1n) is 12.8. The van der Waals surface area contributed by atoms with Gasteiger partial charge >= 0.3 is 0 Å². The van der Waals surface area contributed by atoms with Gasteiger partial charge in [-0.1, -0.05) is 50.3 Å². The van der Waals surface area contributed by atoms with Gasteiger partial charge in [0.25, 0.3) is 0 Å². The fourth-order valence-corrected chi connectivity index (χ4v) is 5.18. The van der Waals surface area contributed by atoms with E-state index in [-0.39, 0.29) is 29.7 Å². The fourth-order valence-electron chi connectivity index (χ4n) is 4.67. The highest BCUT2D eigenvalue weighted by atomic mass is 32.2. The van der Waals surface area contributed by atoms with Gasteiger partial charge in [0, 0.05) is 6.54 Å². The van der Waals surface area contributed by atoms with Gasteiger partial charge in [0.05, 0.1) is 25.5 Å². The van der Waals surface area contributed by atoms with E-state index < -0.39 is 22.0 Å². The summed E-state index contributed by atoms with van der Waals surface area (Å²) in [5, 5.41) is 21.7. The summed E-state index contributed by atoms with van der Waals surface area (Å²) >= 11 is 0. The molecule has 2 aromatic carbocycles. The van der Waals surface area contributed by atoms with Crippen LogP contribution in [-0.4, -0.2) is 46.5 Å². The number of carbonyl (C=O) groups excluding carboxylic acids is 2. The first-order valence-corrected chi connectivity index (χ1v) is 14.4. The highest BCUT2D eigenvalue weighted by molar-refractivity contribution is 7.89. The molecule has 11 nitrogen and oxygen atoms in total. The van der Waals surface area contributed by atoms with Crippen LogP contribution in [0.3, 0.4) is 0 Å². The Bertz CT molecular complexity index is 1260. The van der Waals surface area contributed by atoms with Gasteiger partial charge in [-0.25, -0.2) is 13.6 Å². The number of hydrogen-bond acceptors (Lipinski definition) is 7. The Kier molecular flexibility index (Phi) is 10.7. The van der Waals surface area contributed by atoms with Crippen molar-refractivity contribution in [1.82, 2.24) is 16.0 Å². The molecule has 2 aromatic rings. The molecule has 1 aliphatic carbocycles. The van der Waals surface area contributed by atoms with Crippen LogP contribution in [0.15, 0.2) is 47.4 Å². The Labute approximate surface area is 229 Å². The number of methoxy groups -OCH3 is 2. The number of primary sulfonamides is 1. The quantitative estimate of drug-likeness (QED) is 0.207. The average molecular weight is 560 g/mol. The van der Waals surface area contributed by atoms with E-state index in [1.54, 1.807) is 30.3 Å². The fraction of sp³-hybridized carbons (Fsp3) is 0.444. The third kappa shape index (κ3) is 9.25. The molecule has 0 aliphatic heterocycles. The number of rotatable bonds is 11. The number of amides is 2. The van der Waals surface area contributed by atoms with E-state index in [4.69, 9.17) is 20.0 Å². The predicted molar refractivity (Wildman–Crippen MR) is 147 cm³/mol. The summed E-state index contributed by atoms with van der Waals surface area (Å²) in [6.07, 6.45) is 5.96. The van der Waals surface area contributed by atoms with Gasteiger partial charge in [0.15, 0.2) is 17.5 Å². The Morgan fingerprint density at radius 2 is 1.64 bits per heavy atom. The van der Waals surface area contributed by atoms with Crippen LogP contribution < -0.4 is 30.6 Å². The molecule has 0 saturated heterocycles. The van der Waals surface area contributed by atoms with Gasteiger partial charge in [0.1, 0.15) is 6.04 Å². The summed E-state index contributed by atoms with van der Waals surface area (Å²) < 4.78 is 33.4. The van der Waals surface area contributed by atoms with E-state index >= 15 is 0 Å². The largest absolute Gasteiger partial charge is 0.493 e. The van der Waals surface area contributed by atoms with Gasteiger partial charge in [-0.2, -0.15) is 0 Å². The lowest BCUT2D eigenvalue weighted by Gasteiger charge is -2.27. The first-order chi connectivity index (χ1) is 18.6. The van der Waals surface area contributed by atoms with Crippen LogP contribution in [0, 0.1) is 11.3 Å². The van der Waals surface area contributed by atoms with Crippen molar-refractivity contribution in [3.63, 3.8) is 0 Å². The number of guanidine groups is 1. The van der Waals surface area contributed by atoms with Crippen LogP contribution in [0.25, 0.3) is 0 Å². The number of hydrogen-bond donors (Lipinski definition) is 5. The second kappa shape index (κ2) is 13.9. The molecule has 1 atom stereocenters. The van der Waals surface area contributed by atoms with Crippen LogP contribution in [0.1, 0.15) is 49.7 Å². The van der Waals surface area contributed by atoms with E-state index in [2.05, 4.69) is 16.0 Å². The summed E-state index contributed by atoms with van der Waals surface area (Å²) in [7, 11) is -0.757. The molecule has 1 aliphatic rings. The third-order valence-corrected chi connectivity index (χ3v) is 7.65. The molecule has 212 valence electrons. The molecule has 1 fully saturated rings. The van der Waals surface area contributed by atoms with Crippen LogP contribution in [-0.2, 0) is 32.6 Å². The Morgan fingerprint density at radius 3 is 2.26 bits per heavy atom. The van der Waals surface area contributed by atoms with Crippen LogP contribution in [0.5, 0.6) is 11.5 Å². The molecular weight excluding hydrogens is 522 g/mol. The van der Waals surface area contributed by atoms with Crippen molar-refractivity contribution in [3.8, 4) is 11.5 Å². The minimum atomic E-state index is -3.80. The smallest absolute Gasteiger partial charge is 0.242 e. The second-order valence-corrected chi connectivity index (χ2v) is 11.2. The molecule has 2 amide bonds. The second-order valence-electron chi connectivity index (χ2n) is 9.63. The zero-order valence-electron chi connectivity index (χ0n) is 22.3. The first kappa shape index (κ1) is 29.9. The highest BCUT2D eigenvalue weighted by Crippen LogP contribution is 2.28. The van der Waals surface area contributed by atoms with E-state index in [0.29, 0.717) is 35.0 Å². The maximum atomic E-state index is 13.1. The molecule has 39 heavy (non-hydrogen) atoms. The van der Waals surface area contributed by atoms with Gasteiger partial charge in [-0.3, -0.25) is 20.3 Å². The van der Waals surface area contributed by atoms with Crippen molar-refractivity contribution in [1.29, 1.82) is 5.41 Å². The van der Waals surface area contributed by atoms with Gasteiger partial charge < -0.3 is 20.1 Å². The molecule has 0 spiro atoms. The monoisotopic (exact) mass is 559 g/mol. The topological polar surface area (TPSA) is 173 Å². The lowest BCUT2D eigenvalue weighted by Crippen LogP contribution is -2.52. The molecule has 0 bridgehead atoms. The normalized spacial score (nSPS) is 14.6. The summed E-state index contributed by atoms with van der Waals surface area (Å²) in [6.45, 7) is 0.172. The predicted octanol–water partition coefficient (Wildman–Crippen LogP) is 2.19. The molecule has 0 aromatic heterocycles. The zero-order chi connectivity index (χ0) is 28.4. The lowest BCUT2D eigenvalue weighted by molar-refractivity contribution is -0.123. The van der Waals surface area contributed by atoms with Gasteiger partial charge in [0.2, 0.25) is 21.8 Å². The average Bonchev–Trinajstić information content (AvgIpc) is 2.91. The SMILES string of the molecule is COc1ccc(CC(=O)NC(=N)N[C@H](CC2CCCCC2)C(=O)NCc2ccc(S(N)(=O)=O)cc2)cc1OC. The van der Waals surface area contributed by atoms with E-state index in [1.165, 1.54) is 32.8 Å². The van der Waals surface area contributed by atoms with Crippen LogP contribution in [0.2, 0.25) is 0 Å². The summed E-state index contributed by atoms with van der Waals surface area (Å²) in [5.41, 5.74) is 1.38. The van der Waals surface area contributed by atoms with Crippen molar-refractivity contribution in [2.75, 3.05) is 14.2 Å². The minimum Gasteiger partial charge on any atom is -0.493 e. The summed E-state index contributed by atoms with van der Waals surface area (Å²) in [6, 6.07) is 10.4. The van der Waals surface area contributed by atoms with E-state index in [9.17, 15) is 18.0 Å². The Balaban J connectivity index is 1.60. The number of carbonyl (C=O) groups is 2. The lowest BCUT2D eigenvalue weighted by atomic mass is 9.84. The number of sulfonamides is 1. The molecule has 1 saturated carbocycles. The van der Waals surface area contributed by atoms with Crippen molar-refractivity contribution < 1.29 is 27.5 Å². The maximum absolute atomic E-state index is 13.1. The van der Waals surface area contributed by atoms with E-state index in [0.717, 1.165) is 25.7 Å². The van der Waals surface area contributed by atoms with Gasteiger partial charge in [-0.15, -0.1) is 0 Å². The molecule has 3 rings (SSSR count). The number of benzene rings is 2. The number of nitrogens with two attached hydrogens (primary N) is 1. The van der Waals surface area contributed by atoms with Crippen molar-refractivity contribution in [2.45, 2.75) is 62.4 Å². The van der Waals surface area contributed by atoms with Crippen LogP contribution >= 0.6 is 0 Å². The standard InChI is InChI=1S/C27H37N5O6S/c1-37-23-13-10-20(15-24(23)38-2)16-25(33)32-27(28)31-22(14-18-6-4-3-5-7-18)26(34)30-17-19-8-11-21(12-9-19)39(29,35)36/h8-13,15,18,22H,3-7,14,16-17H2,1-2H3,(H,30,34)(H2,29,35,36)(H3,28,31,32,33)/t22-/m1/s1. The van der Waals surface area contributed by atoms with Crippen molar-refractivity contribution >= 4 is 27.8 Å². The zero-order valence-corrected chi connectivity index (χ0v) is 23.1. The molecule has 0 unspecified atom stereocenters. The summed E-state index contributed by atoms with van der Waals surface area (Å²) in [5.74, 6) is 0.411. The third-order valence-electron chi connectivity index (χ3n) is 6.72. The summed E-state index contributed by atoms with van der Waals surface area (Å²) in [4.78, 5) is 25.7. The van der Waals surface area contributed by atoms with Crippen LogP contribution in [0.4, 0.5) is 0 Å². The molecule has 12 heteroatoms. The molecule has 0 radical (unpaired) electrons. The molecule has 0 heterocycles. The molecule has 6 N–H and O–H groups in total. The van der Waals surface area contributed by atoms with E-state index in [1.807, 2.05) is 0 Å².